The minimum absolute atomic E-state index is 0.0156. The van der Waals surface area contributed by atoms with E-state index in [1.807, 2.05) is 164 Å². The van der Waals surface area contributed by atoms with E-state index < -0.39 is 0 Å². The first-order chi connectivity index (χ1) is 46.4. The second kappa shape index (κ2) is 38.8. The van der Waals surface area contributed by atoms with E-state index in [2.05, 4.69) is 114 Å². The number of nitrogens with zero attached hydrogens (tertiary/aromatic N) is 1. The molecule has 0 aliphatic carbocycles. The highest BCUT2D eigenvalue weighted by atomic mass is 127. The Hall–Kier alpha value is -8.76. The molecule has 8 aromatic carbocycles. The molecule has 97 heavy (non-hydrogen) atoms. The third kappa shape index (κ3) is 24.7. The normalized spacial score (nSPS) is 11.9. The first kappa shape index (κ1) is 77.2. The van der Waals surface area contributed by atoms with E-state index in [9.17, 15) is 28.8 Å². The second-order valence-corrected chi connectivity index (χ2v) is 25.7. The lowest BCUT2D eigenvalue weighted by molar-refractivity contribution is 0.0897. The highest BCUT2D eigenvalue weighted by Gasteiger charge is 2.19. The second-order valence-electron chi connectivity index (χ2n) is 23.9. The van der Waals surface area contributed by atoms with Gasteiger partial charge in [0.25, 0.3) is 23.6 Å². The predicted molar refractivity (Wildman–Crippen MR) is 398 cm³/mol. The smallest absolute Gasteiger partial charge is 0.251 e. The Morgan fingerprint density at radius 3 is 1.01 bits per heavy atom. The van der Waals surface area contributed by atoms with Gasteiger partial charge in [0.05, 0.1) is 31.8 Å². The molecule has 0 saturated heterocycles. The van der Waals surface area contributed by atoms with Crippen LogP contribution in [0.5, 0.6) is 0 Å². The van der Waals surface area contributed by atoms with Crippen molar-refractivity contribution in [2.24, 2.45) is 0 Å². The molecule has 0 aliphatic heterocycles. The van der Waals surface area contributed by atoms with Gasteiger partial charge in [-0.15, -0.1) is 0 Å². The van der Waals surface area contributed by atoms with Gasteiger partial charge in [0, 0.05) is 95.1 Å². The molecule has 0 radical (unpaired) electrons. The van der Waals surface area contributed by atoms with Crippen LogP contribution in [0.2, 0.25) is 0 Å². The van der Waals surface area contributed by atoms with Crippen LogP contribution in [0.25, 0.3) is 55.8 Å². The summed E-state index contributed by atoms with van der Waals surface area (Å²) in [6.45, 7) is 19.0. The van der Waals surface area contributed by atoms with Crippen LogP contribution in [0.1, 0.15) is 119 Å². The van der Waals surface area contributed by atoms with E-state index in [0.29, 0.717) is 65.5 Å². The van der Waals surface area contributed by atoms with Crippen molar-refractivity contribution < 1.29 is 52.1 Å². The lowest BCUT2D eigenvalue weighted by Crippen LogP contribution is -2.35. The average Bonchev–Trinajstić information content (AvgIpc) is 1.61. The maximum Gasteiger partial charge on any atom is 0.251 e. The number of rotatable bonds is 24. The molecule has 0 bridgehead atoms. The van der Waals surface area contributed by atoms with Gasteiger partial charge >= 0.3 is 0 Å². The molecular formula is C79H87BrIN5O11. The fraction of sp³-hybridized carbons (Fsp3) is 0.278. The fourth-order valence-electron chi connectivity index (χ4n) is 9.99. The number of ether oxygens (including phenoxy) is 4. The third-order valence-electron chi connectivity index (χ3n) is 15.0. The number of carbonyl (C=O) groups excluding carboxylic acids is 6. The molecule has 4 amide bonds. The largest absolute Gasteiger partial charge is 0.451 e. The van der Waals surface area contributed by atoms with Crippen molar-refractivity contribution in [1.82, 2.24) is 26.3 Å². The minimum Gasteiger partial charge on any atom is -0.451 e. The summed E-state index contributed by atoms with van der Waals surface area (Å²) in [6, 6.07) is 54.4. The number of alkyl halides is 1. The van der Waals surface area contributed by atoms with Crippen LogP contribution < -0.4 is 21.3 Å². The lowest BCUT2D eigenvalue weighted by Gasteiger charge is -2.14. The van der Waals surface area contributed by atoms with Gasteiger partial charge in [0.1, 0.15) is 12.0 Å². The number of benzene rings is 8. The van der Waals surface area contributed by atoms with Gasteiger partial charge in [-0.05, 0) is 202 Å². The summed E-state index contributed by atoms with van der Waals surface area (Å²) in [4.78, 5) is 78.2. The lowest BCUT2D eigenvalue weighted by atomic mass is 9.97. The van der Waals surface area contributed by atoms with E-state index in [1.54, 1.807) is 46.8 Å². The van der Waals surface area contributed by atoms with Gasteiger partial charge in [-0.1, -0.05) is 135 Å². The van der Waals surface area contributed by atoms with Crippen LogP contribution in [0.3, 0.4) is 0 Å². The Balaban J connectivity index is 0.000000205. The number of amides is 4. The van der Waals surface area contributed by atoms with E-state index in [-0.39, 0.29) is 64.7 Å². The van der Waals surface area contributed by atoms with E-state index >= 15 is 0 Å². The number of ketones is 2. The molecule has 1 heterocycles. The summed E-state index contributed by atoms with van der Waals surface area (Å²) in [5.41, 5.74) is 17.3. The van der Waals surface area contributed by atoms with Gasteiger partial charge in [-0.25, -0.2) is 4.98 Å². The zero-order chi connectivity index (χ0) is 70.7. The summed E-state index contributed by atoms with van der Waals surface area (Å²) in [6.07, 6.45) is 2.96. The summed E-state index contributed by atoms with van der Waals surface area (Å²) in [5, 5.41) is 11.9. The Morgan fingerprint density at radius 1 is 0.402 bits per heavy atom. The Morgan fingerprint density at radius 2 is 0.691 bits per heavy atom. The van der Waals surface area contributed by atoms with Crippen LogP contribution in [-0.2, 0) is 18.9 Å². The van der Waals surface area contributed by atoms with E-state index in [0.717, 1.165) is 64.8 Å². The Kier molecular flexibility index (Phi) is 30.9. The zero-order valence-electron chi connectivity index (χ0n) is 57.4. The first-order valence-electron chi connectivity index (χ1n) is 31.6. The summed E-state index contributed by atoms with van der Waals surface area (Å²) >= 11 is 5.44. The zero-order valence-corrected chi connectivity index (χ0v) is 61.1. The maximum absolute atomic E-state index is 12.7. The number of hydrogen-bond donors (Lipinski definition) is 4. The van der Waals surface area contributed by atoms with Crippen molar-refractivity contribution in [2.75, 3.05) is 60.2 Å². The molecule has 16 nitrogen and oxygen atoms in total. The highest BCUT2D eigenvalue weighted by Crippen LogP contribution is 2.30. The number of methoxy groups -OCH3 is 4. The molecule has 0 saturated carbocycles. The molecule has 18 heteroatoms. The molecule has 1 aromatic heterocycles. The molecule has 4 N–H and O–H groups in total. The number of aromatic nitrogens is 1. The number of hydrogen-bond acceptors (Lipinski definition) is 12. The minimum atomic E-state index is -0.220. The molecule has 4 unspecified atom stereocenters. The van der Waals surface area contributed by atoms with Crippen molar-refractivity contribution in [3.63, 3.8) is 0 Å². The number of nitrogens with one attached hydrogen (secondary N) is 4. The molecular weight excluding hydrogens is 1400 g/mol. The molecule has 9 rings (SSSR count). The monoisotopic (exact) mass is 1490 g/mol. The van der Waals surface area contributed by atoms with Gasteiger partial charge in [0.15, 0.2) is 18.0 Å². The SMILES string of the molecule is COCC(C)NC(=O)c1cc(-c2ccc(C)cc2)cc(-c2cocn2)c1.COCC(C)NC(=O)c1cc(C(=O)CBr)cc(-c2ccc(C)cc2)c1.COCC(C)NC(=O)c1cc(C(C)=O)cc(-c2ccc(C)cc2)c1.COCC(C)NC(=O)c1cc(I)cc(-c2ccc(C)cc2)c1. The van der Waals surface area contributed by atoms with Crippen LogP contribution in [-0.4, -0.2) is 125 Å². The quantitative estimate of drug-likeness (QED) is 0.0253. The van der Waals surface area contributed by atoms with Crippen LogP contribution in [0.4, 0.5) is 0 Å². The molecule has 4 atom stereocenters. The number of carbonyl (C=O) groups is 6. The molecule has 508 valence electrons. The highest BCUT2D eigenvalue weighted by molar-refractivity contribution is 14.1. The van der Waals surface area contributed by atoms with Crippen molar-refractivity contribution >= 4 is 73.7 Å². The standard InChI is InChI=1S/C21H22N2O3.C20H22BrNO3.C20H23NO3.C18H20INO2/c1-14-4-6-16(7-5-14)17-8-18(20-12-26-13-22-20)10-19(9-17)21(24)23-15(2)11-25-3;1-13-4-6-15(7-5-13)16-8-17(19(23)11-21)10-18(9-16)20(24)22-14(2)12-25-3;1-13-5-7-16(8-6-13)18-9-17(15(3)22)10-19(11-18)20(23)21-14(2)12-24-4;1-12-4-6-14(7-5-12)15-8-16(10-17(19)9-15)18(21)20-13(2)11-22-3/h4-10,12-13,15H,11H2,1-3H3,(H,23,24);4-10,14H,11-12H2,1-3H3,(H,22,24);5-11,14H,12H2,1-4H3,(H,21,23);4-10,13H,11H2,1-3H3,(H,20,21). The van der Waals surface area contributed by atoms with Crippen molar-refractivity contribution in [3.05, 3.63) is 242 Å². The van der Waals surface area contributed by atoms with Crippen molar-refractivity contribution in [1.29, 1.82) is 0 Å². The predicted octanol–water partition coefficient (Wildman–Crippen LogP) is 15.7. The van der Waals surface area contributed by atoms with Crippen LogP contribution in [0.15, 0.2) is 187 Å². The number of aryl methyl sites for hydroxylation is 4. The molecule has 9 aromatic rings. The van der Waals surface area contributed by atoms with Crippen LogP contribution >= 0.6 is 38.5 Å². The van der Waals surface area contributed by atoms with Gasteiger partial charge in [-0.3, -0.25) is 28.8 Å². The number of halogens is 2. The summed E-state index contributed by atoms with van der Waals surface area (Å²) in [5.74, 6) is -0.779. The molecule has 0 aliphatic rings. The topological polar surface area (TPSA) is 213 Å². The van der Waals surface area contributed by atoms with Gasteiger partial charge < -0.3 is 44.6 Å². The number of oxazole rings is 1. The number of Topliss-reactive ketones (excluding diaryl/α,β-unsaturated/α-hetero) is 2. The van der Waals surface area contributed by atoms with Crippen molar-refractivity contribution in [3.8, 4) is 55.8 Å². The fourth-order valence-corrected chi connectivity index (χ4v) is 11.0. The van der Waals surface area contributed by atoms with Gasteiger partial charge in [0.2, 0.25) is 0 Å². The average molecular weight is 1490 g/mol. The first-order valence-corrected chi connectivity index (χ1v) is 33.8. The van der Waals surface area contributed by atoms with Gasteiger partial charge in [-0.2, -0.15) is 0 Å². The van der Waals surface area contributed by atoms with E-state index in [4.69, 9.17) is 23.4 Å². The summed E-state index contributed by atoms with van der Waals surface area (Å²) in [7, 11) is 6.43. The maximum atomic E-state index is 12.7. The summed E-state index contributed by atoms with van der Waals surface area (Å²) < 4.78 is 26.4. The molecule has 0 fully saturated rings. The van der Waals surface area contributed by atoms with E-state index in [1.165, 1.54) is 24.4 Å². The van der Waals surface area contributed by atoms with Crippen molar-refractivity contribution in [2.45, 2.75) is 86.5 Å². The van der Waals surface area contributed by atoms with Crippen LogP contribution in [0, 0.1) is 31.3 Å². The molecule has 0 spiro atoms. The Bertz CT molecular complexity index is 4070. The Labute approximate surface area is 592 Å². The third-order valence-corrected chi connectivity index (χ3v) is 16.2.